The average molecular weight is 140 g/mol. The fourth-order valence-electron chi connectivity index (χ4n) is 2.37. The van der Waals surface area contributed by atoms with Crippen molar-refractivity contribution >= 4 is 0 Å². The summed E-state index contributed by atoms with van der Waals surface area (Å²) in [5, 5.41) is 0. The number of nitrogens with zero attached hydrogens (tertiary/aromatic N) is 1. The lowest BCUT2D eigenvalue weighted by molar-refractivity contribution is 0.189. The van der Waals surface area contributed by atoms with E-state index in [2.05, 4.69) is 4.90 Å². The minimum Gasteiger partial charge on any atom is -0.330 e. The van der Waals surface area contributed by atoms with Crippen LogP contribution in [0.1, 0.15) is 19.3 Å². The molecule has 2 aliphatic rings. The van der Waals surface area contributed by atoms with E-state index in [0.29, 0.717) is 5.41 Å². The average Bonchev–Trinajstić information content (AvgIpc) is 2.29. The summed E-state index contributed by atoms with van der Waals surface area (Å²) in [7, 11) is 0. The largest absolute Gasteiger partial charge is 0.330 e. The van der Waals surface area contributed by atoms with Crippen molar-refractivity contribution in [3.8, 4) is 0 Å². The SMILES string of the molecule is NCC12CCCN(CC1)C2. The second-order valence-electron chi connectivity index (χ2n) is 3.83. The predicted molar refractivity (Wildman–Crippen MR) is 41.8 cm³/mol. The van der Waals surface area contributed by atoms with Gasteiger partial charge >= 0.3 is 0 Å². The van der Waals surface area contributed by atoms with Crippen LogP contribution in [0, 0.1) is 5.41 Å². The Morgan fingerprint density at radius 1 is 1.30 bits per heavy atom. The summed E-state index contributed by atoms with van der Waals surface area (Å²) in [6, 6.07) is 0. The third-order valence-electron chi connectivity index (χ3n) is 3.13. The molecule has 0 spiro atoms. The van der Waals surface area contributed by atoms with Crippen LogP contribution in [0.3, 0.4) is 0 Å². The molecule has 0 aromatic heterocycles. The molecule has 2 unspecified atom stereocenters. The highest BCUT2D eigenvalue weighted by Gasteiger charge is 2.39. The quantitative estimate of drug-likeness (QED) is 0.572. The highest BCUT2D eigenvalue weighted by molar-refractivity contribution is 4.93. The molecule has 0 amide bonds. The van der Waals surface area contributed by atoms with E-state index in [0.717, 1.165) is 6.54 Å². The second kappa shape index (κ2) is 2.21. The Morgan fingerprint density at radius 3 is 2.90 bits per heavy atom. The van der Waals surface area contributed by atoms with E-state index in [1.807, 2.05) is 0 Å². The Kier molecular flexibility index (Phi) is 1.46. The summed E-state index contributed by atoms with van der Waals surface area (Å²) in [5.74, 6) is 0. The molecule has 2 N–H and O–H groups in total. The summed E-state index contributed by atoms with van der Waals surface area (Å²) in [6.07, 6.45) is 4.10. The number of nitrogens with two attached hydrogens (primary N) is 1. The van der Waals surface area contributed by atoms with Gasteiger partial charge in [0.25, 0.3) is 0 Å². The van der Waals surface area contributed by atoms with Gasteiger partial charge in [-0.3, -0.25) is 0 Å². The highest BCUT2D eigenvalue weighted by Crippen LogP contribution is 2.37. The molecule has 0 radical (unpaired) electrons. The van der Waals surface area contributed by atoms with Crippen LogP contribution in [0.4, 0.5) is 0 Å². The molecule has 2 nitrogen and oxygen atoms in total. The summed E-state index contributed by atoms with van der Waals surface area (Å²) in [4.78, 5) is 2.55. The molecule has 2 fully saturated rings. The topological polar surface area (TPSA) is 29.3 Å². The lowest BCUT2D eigenvalue weighted by Crippen LogP contribution is -2.38. The summed E-state index contributed by atoms with van der Waals surface area (Å²) in [6.45, 7) is 4.81. The minimum atomic E-state index is 0.540. The van der Waals surface area contributed by atoms with Crippen molar-refractivity contribution in [2.75, 3.05) is 26.2 Å². The van der Waals surface area contributed by atoms with Gasteiger partial charge in [0.05, 0.1) is 0 Å². The van der Waals surface area contributed by atoms with Gasteiger partial charge in [-0.05, 0) is 44.3 Å². The standard InChI is InChI=1S/C8H16N2/c9-6-8-2-1-4-10(7-8)5-3-8/h1-7,9H2. The summed E-state index contributed by atoms with van der Waals surface area (Å²) >= 11 is 0. The van der Waals surface area contributed by atoms with Crippen LogP contribution >= 0.6 is 0 Å². The van der Waals surface area contributed by atoms with Gasteiger partial charge in [-0.15, -0.1) is 0 Å². The molecule has 10 heavy (non-hydrogen) atoms. The van der Waals surface area contributed by atoms with Crippen LogP contribution in [-0.4, -0.2) is 31.1 Å². The predicted octanol–water partition coefficient (Wildman–Crippen LogP) is 0.431. The molecule has 0 aromatic rings. The Hall–Kier alpha value is -0.0800. The number of fused-ring (bicyclic) bond motifs is 2. The fraction of sp³-hybridized carbons (Fsp3) is 1.00. The molecular formula is C8H16N2. The molecule has 0 saturated carbocycles. The summed E-state index contributed by atoms with van der Waals surface area (Å²) < 4.78 is 0. The van der Waals surface area contributed by atoms with Crippen LogP contribution in [0.2, 0.25) is 0 Å². The van der Waals surface area contributed by atoms with Gasteiger partial charge in [0.15, 0.2) is 0 Å². The van der Waals surface area contributed by atoms with Crippen molar-refractivity contribution in [3.05, 3.63) is 0 Å². The number of hydrogen-bond donors (Lipinski definition) is 1. The van der Waals surface area contributed by atoms with Crippen LogP contribution in [0.15, 0.2) is 0 Å². The number of rotatable bonds is 1. The molecule has 2 aliphatic heterocycles. The maximum atomic E-state index is 5.75. The van der Waals surface area contributed by atoms with E-state index in [-0.39, 0.29) is 0 Å². The van der Waals surface area contributed by atoms with E-state index in [1.165, 1.54) is 38.9 Å². The van der Waals surface area contributed by atoms with Crippen molar-refractivity contribution in [2.45, 2.75) is 19.3 Å². The van der Waals surface area contributed by atoms with Crippen LogP contribution in [0.5, 0.6) is 0 Å². The van der Waals surface area contributed by atoms with Gasteiger partial charge in [0, 0.05) is 6.54 Å². The van der Waals surface area contributed by atoms with Gasteiger partial charge in [-0.2, -0.15) is 0 Å². The smallest absolute Gasteiger partial charge is 0.00506 e. The zero-order valence-electron chi connectivity index (χ0n) is 6.47. The maximum absolute atomic E-state index is 5.75. The molecule has 2 saturated heterocycles. The van der Waals surface area contributed by atoms with Crippen LogP contribution < -0.4 is 5.73 Å². The molecule has 2 bridgehead atoms. The van der Waals surface area contributed by atoms with Gasteiger partial charge in [-0.25, -0.2) is 0 Å². The molecular weight excluding hydrogens is 124 g/mol. The fourth-order valence-corrected chi connectivity index (χ4v) is 2.37. The third kappa shape index (κ3) is 0.867. The zero-order valence-corrected chi connectivity index (χ0v) is 6.47. The van der Waals surface area contributed by atoms with Crippen molar-refractivity contribution in [2.24, 2.45) is 11.1 Å². The normalized spacial score (nSPS) is 45.9. The lowest BCUT2D eigenvalue weighted by Gasteiger charge is -2.32. The number of piperidine rings is 1. The summed E-state index contributed by atoms with van der Waals surface area (Å²) in [5.41, 5.74) is 6.29. The van der Waals surface area contributed by atoms with Gasteiger partial charge < -0.3 is 10.6 Å². The van der Waals surface area contributed by atoms with Crippen molar-refractivity contribution in [3.63, 3.8) is 0 Å². The van der Waals surface area contributed by atoms with E-state index >= 15 is 0 Å². The van der Waals surface area contributed by atoms with Gasteiger partial charge in [0.1, 0.15) is 0 Å². The Morgan fingerprint density at radius 2 is 2.20 bits per heavy atom. The van der Waals surface area contributed by atoms with E-state index in [4.69, 9.17) is 5.73 Å². The maximum Gasteiger partial charge on any atom is 0.00506 e. The second-order valence-corrected chi connectivity index (χ2v) is 3.83. The molecule has 0 aliphatic carbocycles. The third-order valence-corrected chi connectivity index (χ3v) is 3.13. The first-order valence-electron chi connectivity index (χ1n) is 4.27. The molecule has 2 heterocycles. The Bertz CT molecular complexity index is 131. The van der Waals surface area contributed by atoms with E-state index < -0.39 is 0 Å². The Labute approximate surface area is 62.4 Å². The molecule has 2 atom stereocenters. The van der Waals surface area contributed by atoms with E-state index in [9.17, 15) is 0 Å². The Balaban J connectivity index is 2.10. The van der Waals surface area contributed by atoms with Gasteiger partial charge in [0.2, 0.25) is 0 Å². The first-order valence-corrected chi connectivity index (χ1v) is 4.27. The number of hydrogen-bond acceptors (Lipinski definition) is 2. The zero-order chi connectivity index (χ0) is 7.03. The van der Waals surface area contributed by atoms with Crippen molar-refractivity contribution in [1.82, 2.24) is 4.90 Å². The molecule has 0 aromatic carbocycles. The monoisotopic (exact) mass is 140 g/mol. The highest BCUT2D eigenvalue weighted by atomic mass is 15.2. The minimum absolute atomic E-state index is 0.540. The van der Waals surface area contributed by atoms with E-state index in [1.54, 1.807) is 0 Å². The van der Waals surface area contributed by atoms with Gasteiger partial charge in [-0.1, -0.05) is 0 Å². The van der Waals surface area contributed by atoms with Crippen molar-refractivity contribution < 1.29 is 0 Å². The van der Waals surface area contributed by atoms with Crippen LogP contribution in [-0.2, 0) is 0 Å². The first kappa shape index (κ1) is 6.62. The first-order chi connectivity index (χ1) is 4.85. The molecule has 2 heteroatoms. The lowest BCUT2D eigenvalue weighted by atomic mass is 9.81. The molecule has 2 rings (SSSR count). The van der Waals surface area contributed by atoms with Crippen molar-refractivity contribution in [1.29, 1.82) is 0 Å². The molecule has 58 valence electrons. The van der Waals surface area contributed by atoms with Crippen LogP contribution in [0.25, 0.3) is 0 Å².